The van der Waals surface area contributed by atoms with Crippen molar-refractivity contribution < 1.29 is 27.5 Å². The molecule has 0 atom stereocenters. The van der Waals surface area contributed by atoms with E-state index in [1.54, 1.807) is 12.1 Å². The fourth-order valence-corrected chi connectivity index (χ4v) is 1.78. The van der Waals surface area contributed by atoms with Crippen LogP contribution < -0.4 is 21.1 Å². The number of hydrogen-bond acceptors (Lipinski definition) is 3. The summed E-state index contributed by atoms with van der Waals surface area (Å²) in [7, 11) is 0. The highest BCUT2D eigenvalue weighted by Gasteiger charge is 2.28. The highest BCUT2D eigenvalue weighted by molar-refractivity contribution is 5.75. The third-order valence-electron chi connectivity index (χ3n) is 2.95. The zero-order chi connectivity index (χ0) is 18.0. The number of primary amides is 1. The zero-order valence-corrected chi connectivity index (χ0v) is 13.0. The Hall–Kier alpha value is -2.45. The highest BCUT2D eigenvalue weighted by Crippen LogP contribution is 2.18. The highest BCUT2D eigenvalue weighted by atomic mass is 19.4. The largest absolute Gasteiger partial charge is 0.484 e. The first-order chi connectivity index (χ1) is 11.3. The Kier molecular flexibility index (Phi) is 7.87. The van der Waals surface area contributed by atoms with Crippen molar-refractivity contribution in [2.45, 2.75) is 32.0 Å². The number of benzene rings is 1. The lowest BCUT2D eigenvalue weighted by Gasteiger charge is -2.10. The van der Waals surface area contributed by atoms with Crippen molar-refractivity contribution in [1.29, 1.82) is 0 Å². The Bertz CT molecular complexity index is 533. The van der Waals surface area contributed by atoms with Crippen molar-refractivity contribution in [2.24, 2.45) is 5.73 Å². The minimum atomic E-state index is -4.38. The van der Waals surface area contributed by atoms with Gasteiger partial charge >= 0.3 is 12.2 Å². The maximum absolute atomic E-state index is 12.0. The van der Waals surface area contributed by atoms with E-state index in [2.05, 4.69) is 15.4 Å². The Morgan fingerprint density at radius 3 is 2.33 bits per heavy atom. The third kappa shape index (κ3) is 9.54. The molecule has 4 N–H and O–H groups in total. The van der Waals surface area contributed by atoms with Gasteiger partial charge < -0.3 is 21.1 Å². The van der Waals surface area contributed by atoms with E-state index in [-0.39, 0.29) is 18.2 Å². The average molecular weight is 347 g/mol. The molecule has 0 aliphatic heterocycles. The summed E-state index contributed by atoms with van der Waals surface area (Å²) in [6.45, 7) is -0.645. The van der Waals surface area contributed by atoms with Gasteiger partial charge in [0.15, 0.2) is 6.61 Å². The van der Waals surface area contributed by atoms with Crippen molar-refractivity contribution in [3.63, 3.8) is 0 Å². The first-order valence-corrected chi connectivity index (χ1v) is 7.35. The molecule has 0 aliphatic rings. The molecule has 1 aromatic carbocycles. The zero-order valence-electron chi connectivity index (χ0n) is 13.0. The van der Waals surface area contributed by atoms with E-state index in [0.29, 0.717) is 25.8 Å². The Morgan fingerprint density at radius 2 is 1.75 bits per heavy atom. The number of hydrogen-bond donors (Lipinski definition) is 3. The molecule has 0 spiro atoms. The number of rotatable bonds is 9. The van der Waals surface area contributed by atoms with E-state index in [4.69, 9.17) is 5.73 Å². The quantitative estimate of drug-likeness (QED) is 0.597. The van der Waals surface area contributed by atoms with Gasteiger partial charge in [0, 0.05) is 19.5 Å². The van der Waals surface area contributed by atoms with Gasteiger partial charge in [-0.15, -0.1) is 0 Å². The predicted molar refractivity (Wildman–Crippen MR) is 81.3 cm³/mol. The van der Waals surface area contributed by atoms with E-state index < -0.39 is 18.8 Å². The van der Waals surface area contributed by atoms with Gasteiger partial charge in [0.05, 0.1) is 0 Å². The molecule has 24 heavy (non-hydrogen) atoms. The van der Waals surface area contributed by atoms with Crippen LogP contribution in [0.15, 0.2) is 24.3 Å². The summed E-state index contributed by atoms with van der Waals surface area (Å²) in [5.74, 6) is -0.0316. The molecule has 134 valence electrons. The molecule has 1 aromatic rings. The lowest BCUT2D eigenvalue weighted by atomic mass is 10.2. The number of unbranched alkanes of at least 4 members (excludes halogenated alkanes) is 1. The Morgan fingerprint density at radius 1 is 1.08 bits per heavy atom. The first kappa shape index (κ1) is 19.6. The normalized spacial score (nSPS) is 11.0. The molecule has 0 bridgehead atoms. The van der Waals surface area contributed by atoms with Gasteiger partial charge in [-0.3, -0.25) is 4.79 Å². The molecule has 6 nitrogen and oxygen atoms in total. The lowest BCUT2D eigenvalue weighted by Crippen LogP contribution is -2.30. The number of nitrogens with two attached hydrogens (primary N) is 1. The van der Waals surface area contributed by atoms with Gasteiger partial charge in [-0.25, -0.2) is 4.79 Å². The SMILES string of the molecule is NC(=O)NCCCCC(=O)NCc1ccc(OCC(F)(F)F)cc1. The van der Waals surface area contributed by atoms with Gasteiger partial charge in [-0.05, 0) is 30.5 Å². The first-order valence-electron chi connectivity index (χ1n) is 7.35. The summed E-state index contributed by atoms with van der Waals surface area (Å²) in [5, 5.41) is 5.13. The summed E-state index contributed by atoms with van der Waals surface area (Å²) in [6, 6.07) is 5.42. The number of carbonyl (C=O) groups excluding carboxylic acids is 2. The van der Waals surface area contributed by atoms with E-state index in [9.17, 15) is 22.8 Å². The second kappa shape index (κ2) is 9.64. The Balaban J connectivity index is 2.22. The number of ether oxygens (including phenoxy) is 1. The molecule has 3 amide bonds. The minimum Gasteiger partial charge on any atom is -0.484 e. The second-order valence-corrected chi connectivity index (χ2v) is 5.07. The van der Waals surface area contributed by atoms with Crippen molar-refractivity contribution in [3.8, 4) is 5.75 Å². The van der Waals surface area contributed by atoms with Gasteiger partial charge in [0.25, 0.3) is 0 Å². The molecule has 0 aliphatic carbocycles. The lowest BCUT2D eigenvalue weighted by molar-refractivity contribution is -0.153. The van der Waals surface area contributed by atoms with Crippen LogP contribution in [0.25, 0.3) is 0 Å². The molecule has 0 saturated heterocycles. The fraction of sp³-hybridized carbons (Fsp3) is 0.467. The number of carbonyl (C=O) groups is 2. The van der Waals surface area contributed by atoms with E-state index >= 15 is 0 Å². The van der Waals surface area contributed by atoms with Gasteiger partial charge in [-0.1, -0.05) is 12.1 Å². The maximum Gasteiger partial charge on any atom is 0.422 e. The minimum absolute atomic E-state index is 0.115. The van der Waals surface area contributed by atoms with Crippen LogP contribution in [0.1, 0.15) is 24.8 Å². The number of halogens is 3. The third-order valence-corrected chi connectivity index (χ3v) is 2.95. The molecule has 0 fully saturated rings. The summed E-state index contributed by atoms with van der Waals surface area (Å²) in [6.07, 6.45) is -2.81. The van der Waals surface area contributed by atoms with Crippen molar-refractivity contribution in [3.05, 3.63) is 29.8 Å². The van der Waals surface area contributed by atoms with Crippen LogP contribution in [-0.4, -0.2) is 31.3 Å². The molecule has 0 heterocycles. The second-order valence-electron chi connectivity index (χ2n) is 5.07. The van der Waals surface area contributed by atoms with E-state index in [0.717, 1.165) is 5.56 Å². The fourth-order valence-electron chi connectivity index (χ4n) is 1.78. The summed E-state index contributed by atoms with van der Waals surface area (Å²) < 4.78 is 40.7. The number of urea groups is 1. The average Bonchev–Trinajstić information content (AvgIpc) is 2.50. The number of alkyl halides is 3. The summed E-state index contributed by atoms with van der Waals surface area (Å²) >= 11 is 0. The van der Waals surface area contributed by atoms with Crippen LogP contribution in [0.5, 0.6) is 5.75 Å². The summed E-state index contributed by atoms with van der Waals surface area (Å²) in [4.78, 5) is 22.1. The van der Waals surface area contributed by atoms with Crippen LogP contribution in [0, 0.1) is 0 Å². The summed E-state index contributed by atoms with van der Waals surface area (Å²) in [5.41, 5.74) is 5.65. The smallest absolute Gasteiger partial charge is 0.422 e. The van der Waals surface area contributed by atoms with E-state index in [1.807, 2.05) is 0 Å². The van der Waals surface area contributed by atoms with Gasteiger partial charge in [0.1, 0.15) is 5.75 Å². The molecular weight excluding hydrogens is 327 g/mol. The van der Waals surface area contributed by atoms with E-state index in [1.165, 1.54) is 12.1 Å². The molecule has 1 rings (SSSR count). The van der Waals surface area contributed by atoms with Gasteiger partial charge in [0.2, 0.25) is 5.91 Å². The van der Waals surface area contributed by atoms with Crippen molar-refractivity contribution >= 4 is 11.9 Å². The Labute approximate surface area is 137 Å². The van der Waals surface area contributed by atoms with Crippen LogP contribution >= 0.6 is 0 Å². The van der Waals surface area contributed by atoms with Crippen molar-refractivity contribution in [2.75, 3.05) is 13.2 Å². The monoisotopic (exact) mass is 347 g/mol. The van der Waals surface area contributed by atoms with Crippen molar-refractivity contribution in [1.82, 2.24) is 10.6 Å². The van der Waals surface area contributed by atoms with Crippen LogP contribution in [0.4, 0.5) is 18.0 Å². The molecule has 0 saturated carbocycles. The topological polar surface area (TPSA) is 93.5 Å². The van der Waals surface area contributed by atoms with Crippen LogP contribution in [-0.2, 0) is 11.3 Å². The molecule has 0 radical (unpaired) electrons. The molecule has 0 aromatic heterocycles. The van der Waals surface area contributed by atoms with Gasteiger partial charge in [-0.2, -0.15) is 13.2 Å². The number of nitrogens with one attached hydrogen (secondary N) is 2. The predicted octanol–water partition coefficient (Wildman–Crippen LogP) is 2.08. The standard InChI is InChI=1S/C15H20F3N3O3/c16-15(17,18)10-24-12-6-4-11(5-7-12)9-21-13(22)3-1-2-8-20-14(19)23/h4-7H,1-3,8-10H2,(H,21,22)(H3,19,20,23). The molecule has 9 heteroatoms. The van der Waals surface area contributed by atoms with Crippen LogP contribution in [0.3, 0.4) is 0 Å². The maximum atomic E-state index is 12.0. The van der Waals surface area contributed by atoms with Crippen LogP contribution in [0.2, 0.25) is 0 Å². The molecule has 0 unspecified atom stereocenters. The number of amides is 3. The molecular formula is C15H20F3N3O3.